The normalized spacial score (nSPS) is 14.7. The average Bonchev–Trinajstić information content (AvgIpc) is 2.69. The van der Waals surface area contributed by atoms with Crippen LogP contribution in [0.2, 0.25) is 5.02 Å². The highest BCUT2D eigenvalue weighted by molar-refractivity contribution is 8.16. The Morgan fingerprint density at radius 1 is 1.04 bits per heavy atom. The number of esters is 1. The first-order valence-electron chi connectivity index (χ1n) is 8.17. The minimum atomic E-state index is -0.508. The van der Waals surface area contributed by atoms with E-state index < -0.39 is 11.9 Å². The van der Waals surface area contributed by atoms with Crippen LogP contribution in [-0.2, 0) is 9.53 Å². The molecule has 1 fully saturated rings. The third kappa shape index (κ3) is 5.43. The number of thioether (sulfide) groups is 2. The first-order chi connectivity index (χ1) is 12.6. The molecule has 1 N–H and O–H groups in total. The first kappa shape index (κ1) is 19.1. The first-order valence-corrected chi connectivity index (χ1v) is 10.6. The molecule has 1 amide bonds. The summed E-state index contributed by atoms with van der Waals surface area (Å²) in [6.07, 6.45) is 1.24. The highest BCUT2D eigenvalue weighted by Gasteiger charge is 2.17. The summed E-state index contributed by atoms with van der Waals surface area (Å²) in [5.74, 6) is 1.44. The summed E-state index contributed by atoms with van der Waals surface area (Å²) < 4.78 is 5.51. The van der Waals surface area contributed by atoms with Crippen molar-refractivity contribution in [3.8, 4) is 0 Å². The summed E-state index contributed by atoms with van der Waals surface area (Å²) in [6, 6.07) is 14.1. The maximum Gasteiger partial charge on any atom is 0.338 e. The molecule has 2 aromatic carbocycles. The van der Waals surface area contributed by atoms with Crippen molar-refractivity contribution in [2.75, 3.05) is 23.4 Å². The third-order valence-electron chi connectivity index (χ3n) is 3.71. The number of benzene rings is 2. The molecule has 0 unspecified atom stereocenters. The highest BCUT2D eigenvalue weighted by Crippen LogP contribution is 2.43. The van der Waals surface area contributed by atoms with Crippen molar-refractivity contribution in [2.24, 2.45) is 0 Å². The van der Waals surface area contributed by atoms with Crippen molar-refractivity contribution in [3.63, 3.8) is 0 Å². The number of rotatable bonds is 5. The molecule has 26 heavy (non-hydrogen) atoms. The van der Waals surface area contributed by atoms with E-state index in [1.165, 1.54) is 23.5 Å². The second kappa shape index (κ2) is 9.35. The predicted octanol–water partition coefficient (Wildman–Crippen LogP) is 5.00. The Morgan fingerprint density at radius 2 is 1.69 bits per heavy atom. The minimum Gasteiger partial charge on any atom is -0.452 e. The molecule has 0 atom stereocenters. The second-order valence-electron chi connectivity index (χ2n) is 5.68. The van der Waals surface area contributed by atoms with Crippen molar-refractivity contribution in [3.05, 3.63) is 64.7 Å². The fraction of sp³-hybridized carbons (Fsp3) is 0.263. The number of nitrogens with one attached hydrogen (secondary N) is 1. The van der Waals surface area contributed by atoms with Gasteiger partial charge in [-0.15, -0.1) is 23.5 Å². The number of hydrogen-bond donors (Lipinski definition) is 1. The maximum absolute atomic E-state index is 12.1. The number of carbonyl (C=O) groups is 2. The summed E-state index contributed by atoms with van der Waals surface area (Å²) >= 11 is 9.66. The van der Waals surface area contributed by atoms with Crippen molar-refractivity contribution in [1.82, 2.24) is 0 Å². The standard InChI is InChI=1S/C19H18ClNO3S2/c20-15-6-8-16(9-7-15)21-17(22)12-24-18(23)13-2-4-14(5-3-13)19-25-10-1-11-26-19/h2-9,19H,1,10-12H2,(H,21,22). The van der Waals surface area contributed by atoms with Gasteiger partial charge in [0.15, 0.2) is 6.61 Å². The van der Waals surface area contributed by atoms with E-state index in [4.69, 9.17) is 16.3 Å². The molecule has 0 saturated carbocycles. The summed E-state index contributed by atoms with van der Waals surface area (Å²) in [5.41, 5.74) is 2.25. The number of hydrogen-bond acceptors (Lipinski definition) is 5. The Morgan fingerprint density at radius 3 is 2.35 bits per heavy atom. The summed E-state index contributed by atoms with van der Waals surface area (Å²) in [5, 5.41) is 3.23. The fourth-order valence-corrected chi connectivity index (χ4v) is 5.42. The third-order valence-corrected chi connectivity index (χ3v) is 6.98. The van der Waals surface area contributed by atoms with Gasteiger partial charge in [0.25, 0.3) is 5.91 Å². The van der Waals surface area contributed by atoms with Crippen LogP contribution in [0.5, 0.6) is 0 Å². The van der Waals surface area contributed by atoms with Gasteiger partial charge in [-0.2, -0.15) is 0 Å². The van der Waals surface area contributed by atoms with Gasteiger partial charge in [-0.25, -0.2) is 4.79 Å². The van der Waals surface area contributed by atoms with Gasteiger partial charge in [0.05, 0.1) is 10.1 Å². The van der Waals surface area contributed by atoms with Crippen LogP contribution < -0.4 is 5.32 Å². The molecule has 136 valence electrons. The summed E-state index contributed by atoms with van der Waals surface area (Å²) in [4.78, 5) is 24.0. The number of carbonyl (C=O) groups excluding carboxylic acids is 2. The van der Waals surface area contributed by atoms with Crippen LogP contribution in [0.3, 0.4) is 0 Å². The monoisotopic (exact) mass is 407 g/mol. The van der Waals surface area contributed by atoms with E-state index in [1.54, 1.807) is 36.4 Å². The lowest BCUT2D eigenvalue weighted by Gasteiger charge is -2.21. The minimum absolute atomic E-state index is 0.336. The van der Waals surface area contributed by atoms with Crippen molar-refractivity contribution >= 4 is 52.7 Å². The number of amides is 1. The van der Waals surface area contributed by atoms with E-state index in [9.17, 15) is 9.59 Å². The van der Waals surface area contributed by atoms with Crippen LogP contribution in [0, 0.1) is 0 Å². The molecule has 0 aliphatic carbocycles. The smallest absolute Gasteiger partial charge is 0.338 e. The zero-order valence-corrected chi connectivity index (χ0v) is 16.3. The molecule has 0 aromatic heterocycles. The van der Waals surface area contributed by atoms with Crippen LogP contribution in [-0.4, -0.2) is 30.0 Å². The molecular formula is C19H18ClNO3S2. The van der Waals surface area contributed by atoms with Crippen LogP contribution in [0.15, 0.2) is 48.5 Å². The van der Waals surface area contributed by atoms with Gasteiger partial charge in [-0.3, -0.25) is 4.79 Å². The quantitative estimate of drug-likeness (QED) is 0.706. The second-order valence-corrected chi connectivity index (χ2v) is 8.84. The van der Waals surface area contributed by atoms with Crippen molar-refractivity contribution in [2.45, 2.75) is 11.0 Å². The van der Waals surface area contributed by atoms with Crippen LogP contribution in [0.4, 0.5) is 5.69 Å². The van der Waals surface area contributed by atoms with Gasteiger partial charge < -0.3 is 10.1 Å². The number of ether oxygens (including phenoxy) is 1. The van der Waals surface area contributed by atoms with E-state index in [2.05, 4.69) is 5.32 Å². The zero-order chi connectivity index (χ0) is 18.4. The van der Waals surface area contributed by atoms with E-state index in [0.717, 1.165) is 0 Å². The van der Waals surface area contributed by atoms with Gasteiger partial charge in [0.1, 0.15) is 0 Å². The highest BCUT2D eigenvalue weighted by atomic mass is 35.5. The molecule has 0 radical (unpaired) electrons. The van der Waals surface area contributed by atoms with Crippen LogP contribution >= 0.6 is 35.1 Å². The maximum atomic E-state index is 12.1. The fourth-order valence-electron chi connectivity index (χ4n) is 2.40. The molecule has 1 aliphatic rings. The Labute approximate surface area is 166 Å². The summed E-state index contributed by atoms with van der Waals surface area (Å²) in [7, 11) is 0. The predicted molar refractivity (Wildman–Crippen MR) is 109 cm³/mol. The lowest BCUT2D eigenvalue weighted by atomic mass is 10.1. The molecule has 0 bridgehead atoms. The molecule has 0 spiro atoms. The topological polar surface area (TPSA) is 55.4 Å². The van der Waals surface area contributed by atoms with Crippen LogP contribution in [0.1, 0.15) is 26.9 Å². The van der Waals surface area contributed by atoms with Gasteiger partial charge >= 0.3 is 5.97 Å². The zero-order valence-electron chi connectivity index (χ0n) is 13.9. The number of anilines is 1. The molecule has 2 aromatic rings. The summed E-state index contributed by atoms with van der Waals surface area (Å²) in [6.45, 7) is -0.336. The molecular weight excluding hydrogens is 390 g/mol. The van der Waals surface area contributed by atoms with Crippen LogP contribution in [0.25, 0.3) is 0 Å². The van der Waals surface area contributed by atoms with Gasteiger partial charge in [-0.05, 0) is 59.9 Å². The Balaban J connectivity index is 1.49. The van der Waals surface area contributed by atoms with E-state index >= 15 is 0 Å². The van der Waals surface area contributed by atoms with Gasteiger partial charge in [0.2, 0.25) is 0 Å². The van der Waals surface area contributed by atoms with Crippen molar-refractivity contribution in [1.29, 1.82) is 0 Å². The average molecular weight is 408 g/mol. The molecule has 1 heterocycles. The molecule has 1 aliphatic heterocycles. The van der Waals surface area contributed by atoms with Gasteiger partial charge in [-0.1, -0.05) is 23.7 Å². The molecule has 4 nitrogen and oxygen atoms in total. The lowest BCUT2D eigenvalue weighted by Crippen LogP contribution is -2.20. The Bertz CT molecular complexity index is 759. The van der Waals surface area contributed by atoms with E-state index in [-0.39, 0.29) is 6.61 Å². The van der Waals surface area contributed by atoms with Gasteiger partial charge in [0, 0.05) is 10.7 Å². The molecule has 3 rings (SSSR count). The van der Waals surface area contributed by atoms with Crippen molar-refractivity contribution < 1.29 is 14.3 Å². The Kier molecular flexibility index (Phi) is 6.88. The number of halogens is 1. The molecule has 1 saturated heterocycles. The Hall–Kier alpha value is -1.63. The van der Waals surface area contributed by atoms with E-state index in [0.29, 0.717) is 20.9 Å². The molecule has 7 heteroatoms. The largest absolute Gasteiger partial charge is 0.452 e. The van der Waals surface area contributed by atoms with E-state index in [1.807, 2.05) is 35.7 Å². The SMILES string of the molecule is O=C(COC(=O)c1ccc(C2SCCCS2)cc1)Nc1ccc(Cl)cc1. The lowest BCUT2D eigenvalue weighted by molar-refractivity contribution is -0.119.